The third kappa shape index (κ3) is 4.21. The maximum Gasteiger partial charge on any atom is 0.230 e. The van der Waals surface area contributed by atoms with Crippen molar-refractivity contribution in [1.82, 2.24) is 20.1 Å². The highest BCUT2D eigenvalue weighted by Gasteiger charge is 2.24. The van der Waals surface area contributed by atoms with Crippen molar-refractivity contribution in [2.75, 3.05) is 5.75 Å². The van der Waals surface area contributed by atoms with E-state index in [4.69, 9.17) is 16.3 Å². The monoisotopic (exact) mass is 366 g/mol. The molecule has 1 aromatic carbocycles. The maximum atomic E-state index is 11.8. The lowest BCUT2D eigenvalue weighted by molar-refractivity contribution is -0.118. The highest BCUT2D eigenvalue weighted by Crippen LogP contribution is 2.29. The van der Waals surface area contributed by atoms with Gasteiger partial charge in [-0.1, -0.05) is 35.5 Å². The molecule has 1 heterocycles. The molecule has 1 unspecified atom stereocenters. The number of para-hydroxylation sites is 1. The van der Waals surface area contributed by atoms with Gasteiger partial charge in [0.05, 0.1) is 10.8 Å². The van der Waals surface area contributed by atoms with Crippen LogP contribution in [0.4, 0.5) is 0 Å². The van der Waals surface area contributed by atoms with Crippen LogP contribution in [0.1, 0.15) is 31.7 Å². The number of nitrogens with one attached hydrogen (secondary N) is 1. The van der Waals surface area contributed by atoms with Gasteiger partial charge < -0.3 is 14.6 Å². The molecule has 1 saturated carbocycles. The number of hydrogen-bond donors (Lipinski definition) is 1. The molecule has 1 aromatic heterocycles. The summed E-state index contributed by atoms with van der Waals surface area (Å²) < 4.78 is 7.71. The van der Waals surface area contributed by atoms with Crippen LogP contribution in [-0.4, -0.2) is 32.5 Å². The zero-order chi connectivity index (χ0) is 17.1. The second-order valence-corrected chi connectivity index (χ2v) is 7.07. The van der Waals surface area contributed by atoms with Crippen molar-refractivity contribution in [3.8, 4) is 5.75 Å². The summed E-state index contributed by atoms with van der Waals surface area (Å²) in [7, 11) is 1.86. The molecule has 0 bridgehead atoms. The minimum Gasteiger partial charge on any atom is -0.481 e. The lowest BCUT2D eigenvalue weighted by Gasteiger charge is -2.15. The number of halogens is 1. The van der Waals surface area contributed by atoms with Gasteiger partial charge in [0, 0.05) is 13.1 Å². The Labute approximate surface area is 149 Å². The third-order valence-corrected chi connectivity index (χ3v) is 4.98. The molecule has 24 heavy (non-hydrogen) atoms. The Hall–Kier alpha value is -1.73. The minimum absolute atomic E-state index is 0.0346. The molecule has 128 valence electrons. The molecule has 1 aliphatic rings. The van der Waals surface area contributed by atoms with Gasteiger partial charge in [0.1, 0.15) is 5.75 Å². The van der Waals surface area contributed by atoms with Crippen LogP contribution in [0, 0.1) is 0 Å². The average Bonchev–Trinajstić information content (AvgIpc) is 3.28. The fraction of sp³-hybridized carbons (Fsp3) is 0.438. The van der Waals surface area contributed by atoms with E-state index in [2.05, 4.69) is 15.5 Å². The first-order valence-electron chi connectivity index (χ1n) is 7.77. The average molecular weight is 367 g/mol. The van der Waals surface area contributed by atoms with Gasteiger partial charge in [0.25, 0.3) is 0 Å². The Morgan fingerprint density at radius 2 is 2.21 bits per heavy atom. The quantitative estimate of drug-likeness (QED) is 0.763. The van der Waals surface area contributed by atoms with E-state index in [0.29, 0.717) is 33.5 Å². The van der Waals surface area contributed by atoms with Crippen molar-refractivity contribution >= 4 is 29.3 Å². The van der Waals surface area contributed by atoms with E-state index in [9.17, 15) is 4.79 Å². The van der Waals surface area contributed by atoms with Crippen LogP contribution in [0.2, 0.25) is 5.02 Å². The van der Waals surface area contributed by atoms with Crippen LogP contribution in [0.15, 0.2) is 29.4 Å². The largest absolute Gasteiger partial charge is 0.481 e. The van der Waals surface area contributed by atoms with Crippen LogP contribution in [-0.2, 0) is 11.8 Å². The molecule has 0 aliphatic heterocycles. The smallest absolute Gasteiger partial charge is 0.230 e. The number of benzene rings is 1. The van der Waals surface area contributed by atoms with Gasteiger partial charge in [-0.05, 0) is 31.9 Å². The second kappa shape index (κ2) is 7.44. The van der Waals surface area contributed by atoms with Gasteiger partial charge in [-0.25, -0.2) is 0 Å². The normalized spacial score (nSPS) is 15.1. The highest BCUT2D eigenvalue weighted by atomic mass is 35.5. The zero-order valence-electron chi connectivity index (χ0n) is 13.5. The highest BCUT2D eigenvalue weighted by molar-refractivity contribution is 7.99. The molecular weight excluding hydrogens is 348 g/mol. The molecule has 1 aliphatic carbocycles. The van der Waals surface area contributed by atoms with Crippen molar-refractivity contribution in [2.45, 2.75) is 37.1 Å². The molecule has 1 amide bonds. The Kier molecular flexibility index (Phi) is 5.30. The number of nitrogens with zero attached hydrogens (tertiary/aromatic N) is 3. The van der Waals surface area contributed by atoms with Gasteiger partial charge in [-0.2, -0.15) is 0 Å². The summed E-state index contributed by atoms with van der Waals surface area (Å²) in [4.78, 5) is 11.8. The number of rotatable bonds is 7. The topological polar surface area (TPSA) is 69.0 Å². The Bertz CT molecular complexity index is 733. The molecule has 6 nitrogen and oxygen atoms in total. The summed E-state index contributed by atoms with van der Waals surface area (Å²) in [6, 6.07) is 7.68. The summed E-state index contributed by atoms with van der Waals surface area (Å²) in [5, 5.41) is 12.5. The van der Waals surface area contributed by atoms with E-state index in [1.165, 1.54) is 11.8 Å². The second-order valence-electron chi connectivity index (χ2n) is 5.72. The first-order chi connectivity index (χ1) is 11.5. The first-order valence-corrected chi connectivity index (χ1v) is 9.13. The predicted octanol–water partition coefficient (Wildman–Crippen LogP) is 2.98. The molecule has 0 saturated heterocycles. The molecular formula is C16H19ClN4O2S. The molecule has 1 fully saturated rings. The number of carbonyl (C=O) groups is 1. The molecule has 0 radical (unpaired) electrons. The van der Waals surface area contributed by atoms with Gasteiger partial charge in [-0.15, -0.1) is 10.2 Å². The molecule has 2 aromatic rings. The van der Waals surface area contributed by atoms with Crippen molar-refractivity contribution in [2.24, 2.45) is 7.05 Å². The summed E-state index contributed by atoms with van der Waals surface area (Å²) in [5.41, 5.74) is 0. The number of aromatic nitrogens is 3. The van der Waals surface area contributed by atoms with Gasteiger partial charge >= 0.3 is 0 Å². The van der Waals surface area contributed by atoms with E-state index in [0.717, 1.165) is 12.8 Å². The maximum absolute atomic E-state index is 11.8. The van der Waals surface area contributed by atoms with Crippen LogP contribution >= 0.6 is 23.4 Å². The fourth-order valence-corrected chi connectivity index (χ4v) is 3.13. The van der Waals surface area contributed by atoms with E-state index >= 15 is 0 Å². The van der Waals surface area contributed by atoms with Crippen molar-refractivity contribution in [1.29, 1.82) is 0 Å². The van der Waals surface area contributed by atoms with Crippen molar-refractivity contribution < 1.29 is 9.53 Å². The SMILES string of the molecule is CC(Oc1ccccc1Cl)c1nnc(SCC(=O)NC2CC2)n1C. The molecule has 1 N–H and O–H groups in total. The van der Waals surface area contributed by atoms with Crippen LogP contribution in [0.5, 0.6) is 5.75 Å². The predicted molar refractivity (Wildman–Crippen MR) is 93.4 cm³/mol. The van der Waals surface area contributed by atoms with Gasteiger partial charge in [0.15, 0.2) is 17.1 Å². The van der Waals surface area contributed by atoms with Gasteiger partial charge in [-0.3, -0.25) is 4.79 Å². The minimum atomic E-state index is -0.308. The zero-order valence-corrected chi connectivity index (χ0v) is 15.1. The van der Waals surface area contributed by atoms with Crippen molar-refractivity contribution in [3.63, 3.8) is 0 Å². The van der Waals surface area contributed by atoms with E-state index in [1.54, 1.807) is 6.07 Å². The van der Waals surface area contributed by atoms with Crippen LogP contribution in [0.25, 0.3) is 0 Å². The first kappa shape index (κ1) is 17.1. The van der Waals surface area contributed by atoms with E-state index < -0.39 is 0 Å². The summed E-state index contributed by atoms with van der Waals surface area (Å²) in [5.74, 6) is 1.66. The lowest BCUT2D eigenvalue weighted by Crippen LogP contribution is -2.27. The fourth-order valence-electron chi connectivity index (χ4n) is 2.22. The number of ether oxygens (including phenoxy) is 1. The molecule has 1 atom stereocenters. The van der Waals surface area contributed by atoms with E-state index in [-0.39, 0.29) is 12.0 Å². The van der Waals surface area contributed by atoms with E-state index in [1.807, 2.05) is 36.7 Å². The van der Waals surface area contributed by atoms with Gasteiger partial charge in [0.2, 0.25) is 5.91 Å². The van der Waals surface area contributed by atoms with Crippen LogP contribution in [0.3, 0.4) is 0 Å². The number of thioether (sulfide) groups is 1. The summed E-state index contributed by atoms with van der Waals surface area (Å²) >= 11 is 7.48. The van der Waals surface area contributed by atoms with Crippen LogP contribution < -0.4 is 10.1 Å². The van der Waals surface area contributed by atoms with Crippen molar-refractivity contribution in [3.05, 3.63) is 35.1 Å². The molecule has 0 spiro atoms. The Morgan fingerprint density at radius 1 is 1.46 bits per heavy atom. The summed E-state index contributed by atoms with van der Waals surface area (Å²) in [6.07, 6.45) is 1.86. The third-order valence-electron chi connectivity index (χ3n) is 3.65. The Morgan fingerprint density at radius 3 is 2.92 bits per heavy atom. The summed E-state index contributed by atoms with van der Waals surface area (Å²) in [6.45, 7) is 1.89. The number of amides is 1. The standard InChI is InChI=1S/C16H19ClN4O2S/c1-10(23-13-6-4-3-5-12(13)17)15-19-20-16(21(15)2)24-9-14(22)18-11-7-8-11/h3-6,10-11H,7-9H2,1-2H3,(H,18,22). The lowest BCUT2D eigenvalue weighted by atomic mass is 10.3. The molecule has 8 heteroatoms. The molecule has 3 rings (SSSR count). The number of carbonyl (C=O) groups excluding carboxylic acids is 1. The number of hydrogen-bond acceptors (Lipinski definition) is 5. The Balaban J connectivity index is 1.60.